The van der Waals surface area contributed by atoms with Crippen molar-refractivity contribution >= 4 is 11.9 Å². The Hall–Kier alpha value is -1.40. The van der Waals surface area contributed by atoms with Crippen LogP contribution in [0.2, 0.25) is 0 Å². The van der Waals surface area contributed by atoms with Gasteiger partial charge in [-0.15, -0.1) is 0 Å². The molecule has 0 saturated carbocycles. The Labute approximate surface area is 183 Å². The number of carboxylic acids is 1. The minimum atomic E-state index is -1.09. The van der Waals surface area contributed by atoms with Crippen molar-refractivity contribution in [3.63, 3.8) is 0 Å². The number of aliphatic carboxylic acids is 1. The summed E-state index contributed by atoms with van der Waals surface area (Å²) >= 11 is 0. The summed E-state index contributed by atoms with van der Waals surface area (Å²) in [6, 6.07) is 0. The highest BCUT2D eigenvalue weighted by atomic mass is 16.6. The maximum Gasteiger partial charge on any atom is 0.332 e. The number of esters is 1. The van der Waals surface area contributed by atoms with Gasteiger partial charge in [0.05, 0.1) is 13.2 Å². The van der Waals surface area contributed by atoms with Crippen molar-refractivity contribution in [1.29, 1.82) is 0 Å². The third-order valence-corrected chi connectivity index (χ3v) is 5.02. The smallest absolute Gasteiger partial charge is 0.332 e. The van der Waals surface area contributed by atoms with Crippen LogP contribution in [0.15, 0.2) is 12.2 Å². The SMILES string of the molecule is CCCCCCCC/C=C\CCCCCCCC(=O)OC(CO)COC(C)C(=O)O. The molecular formula is C24H44O6. The first kappa shape index (κ1) is 28.6. The number of rotatable bonds is 21. The fraction of sp³-hybridized carbons (Fsp3) is 0.833. The van der Waals surface area contributed by atoms with E-state index >= 15 is 0 Å². The quantitative estimate of drug-likeness (QED) is 0.144. The molecule has 2 N–H and O–H groups in total. The summed E-state index contributed by atoms with van der Waals surface area (Å²) < 4.78 is 10.2. The van der Waals surface area contributed by atoms with E-state index < -0.39 is 18.2 Å². The molecule has 0 radical (unpaired) electrons. The van der Waals surface area contributed by atoms with Crippen molar-refractivity contribution in [3.8, 4) is 0 Å². The second-order valence-electron chi connectivity index (χ2n) is 7.94. The molecule has 6 heteroatoms. The number of hydrogen-bond donors (Lipinski definition) is 2. The Morgan fingerprint density at radius 2 is 1.40 bits per heavy atom. The van der Waals surface area contributed by atoms with Gasteiger partial charge in [-0.3, -0.25) is 4.79 Å². The average molecular weight is 429 g/mol. The van der Waals surface area contributed by atoms with Gasteiger partial charge in [0, 0.05) is 6.42 Å². The normalized spacial score (nSPS) is 13.4. The van der Waals surface area contributed by atoms with E-state index in [1.807, 2.05) is 0 Å². The number of aliphatic hydroxyl groups is 1. The van der Waals surface area contributed by atoms with Gasteiger partial charge >= 0.3 is 11.9 Å². The van der Waals surface area contributed by atoms with Crippen molar-refractivity contribution in [2.75, 3.05) is 13.2 Å². The van der Waals surface area contributed by atoms with E-state index in [9.17, 15) is 14.7 Å². The summed E-state index contributed by atoms with van der Waals surface area (Å²) in [5.41, 5.74) is 0. The largest absolute Gasteiger partial charge is 0.479 e. The molecule has 6 nitrogen and oxygen atoms in total. The Morgan fingerprint density at radius 3 is 1.93 bits per heavy atom. The number of carbonyl (C=O) groups excluding carboxylic acids is 1. The van der Waals surface area contributed by atoms with E-state index in [1.165, 1.54) is 58.3 Å². The Balaban J connectivity index is 3.53. The van der Waals surface area contributed by atoms with E-state index in [4.69, 9.17) is 14.6 Å². The van der Waals surface area contributed by atoms with Gasteiger partial charge in [-0.1, -0.05) is 70.4 Å². The number of allylic oxidation sites excluding steroid dienone is 2. The number of hydrogen-bond acceptors (Lipinski definition) is 5. The molecule has 176 valence electrons. The lowest BCUT2D eigenvalue weighted by atomic mass is 10.1. The summed E-state index contributed by atoms with van der Waals surface area (Å²) in [6.07, 6.45) is 18.7. The highest BCUT2D eigenvalue weighted by molar-refractivity contribution is 5.71. The van der Waals surface area contributed by atoms with Crippen LogP contribution in [0.4, 0.5) is 0 Å². The molecule has 0 rings (SSSR count). The zero-order chi connectivity index (χ0) is 22.5. The van der Waals surface area contributed by atoms with E-state index in [1.54, 1.807) is 0 Å². The molecule has 0 aromatic carbocycles. The highest BCUT2D eigenvalue weighted by Gasteiger charge is 2.18. The standard InChI is InChI=1S/C24H44O6/c1-3-4-5-6-7-8-9-10-11-12-13-14-15-16-17-18-23(26)30-22(19-25)20-29-21(2)24(27)28/h10-11,21-22,25H,3-9,12-20H2,1-2H3,(H,27,28)/b11-10-. The zero-order valence-corrected chi connectivity index (χ0v) is 19.2. The molecule has 0 amide bonds. The van der Waals surface area contributed by atoms with Gasteiger partial charge in [-0.2, -0.15) is 0 Å². The molecule has 0 spiro atoms. The molecular weight excluding hydrogens is 384 g/mol. The minimum absolute atomic E-state index is 0.123. The third-order valence-electron chi connectivity index (χ3n) is 5.02. The van der Waals surface area contributed by atoms with Crippen molar-refractivity contribution in [1.82, 2.24) is 0 Å². The Morgan fingerprint density at radius 1 is 0.867 bits per heavy atom. The maximum atomic E-state index is 11.8. The lowest BCUT2D eigenvalue weighted by molar-refractivity contribution is -0.160. The van der Waals surface area contributed by atoms with E-state index in [2.05, 4.69) is 19.1 Å². The first-order valence-electron chi connectivity index (χ1n) is 11.8. The van der Waals surface area contributed by atoms with Gasteiger partial charge < -0.3 is 19.7 Å². The fourth-order valence-corrected chi connectivity index (χ4v) is 3.03. The predicted molar refractivity (Wildman–Crippen MR) is 119 cm³/mol. The van der Waals surface area contributed by atoms with Gasteiger partial charge in [-0.05, 0) is 39.0 Å². The number of carbonyl (C=O) groups is 2. The van der Waals surface area contributed by atoms with Gasteiger partial charge in [-0.25, -0.2) is 4.79 Å². The zero-order valence-electron chi connectivity index (χ0n) is 19.2. The first-order chi connectivity index (χ1) is 14.5. The predicted octanol–water partition coefficient (Wildman–Crippen LogP) is 5.42. The number of ether oxygens (including phenoxy) is 2. The highest BCUT2D eigenvalue weighted by Crippen LogP contribution is 2.10. The second kappa shape index (κ2) is 20.9. The minimum Gasteiger partial charge on any atom is -0.479 e. The van der Waals surface area contributed by atoms with Gasteiger partial charge in [0.2, 0.25) is 0 Å². The molecule has 0 bridgehead atoms. The van der Waals surface area contributed by atoms with Crippen molar-refractivity contribution in [3.05, 3.63) is 12.2 Å². The van der Waals surface area contributed by atoms with Crippen LogP contribution in [-0.2, 0) is 19.1 Å². The Bertz CT molecular complexity index is 449. The van der Waals surface area contributed by atoms with Crippen LogP contribution in [0.1, 0.15) is 104 Å². The van der Waals surface area contributed by atoms with Gasteiger partial charge in [0.15, 0.2) is 6.10 Å². The summed E-state index contributed by atoms with van der Waals surface area (Å²) in [7, 11) is 0. The second-order valence-corrected chi connectivity index (χ2v) is 7.94. The van der Waals surface area contributed by atoms with Crippen molar-refractivity contribution in [2.24, 2.45) is 0 Å². The average Bonchev–Trinajstić information content (AvgIpc) is 2.73. The summed E-state index contributed by atoms with van der Waals surface area (Å²) in [5, 5.41) is 18.0. The van der Waals surface area contributed by atoms with Gasteiger partial charge in [0.1, 0.15) is 6.10 Å². The molecule has 0 aliphatic rings. The molecule has 2 unspecified atom stereocenters. The monoisotopic (exact) mass is 428 g/mol. The third kappa shape index (κ3) is 18.6. The number of carboxylic acid groups (broad SMARTS) is 1. The summed E-state index contributed by atoms with van der Waals surface area (Å²) in [6.45, 7) is 3.13. The van der Waals surface area contributed by atoms with Crippen LogP contribution in [0, 0.1) is 0 Å². The molecule has 30 heavy (non-hydrogen) atoms. The number of aliphatic hydroxyl groups excluding tert-OH is 1. The molecule has 0 fully saturated rings. The molecule has 0 aromatic rings. The first-order valence-corrected chi connectivity index (χ1v) is 11.8. The molecule has 0 heterocycles. The van der Waals surface area contributed by atoms with Crippen LogP contribution in [-0.4, -0.2) is 47.6 Å². The van der Waals surface area contributed by atoms with Crippen LogP contribution < -0.4 is 0 Å². The maximum absolute atomic E-state index is 11.8. The van der Waals surface area contributed by atoms with Crippen molar-refractivity contribution in [2.45, 2.75) is 116 Å². The van der Waals surface area contributed by atoms with Crippen LogP contribution >= 0.6 is 0 Å². The lowest BCUT2D eigenvalue weighted by Gasteiger charge is -2.17. The van der Waals surface area contributed by atoms with E-state index in [0.717, 1.165) is 32.1 Å². The van der Waals surface area contributed by atoms with E-state index in [-0.39, 0.29) is 19.2 Å². The summed E-state index contributed by atoms with van der Waals surface area (Å²) in [5.74, 6) is -1.47. The summed E-state index contributed by atoms with van der Waals surface area (Å²) in [4.78, 5) is 22.5. The lowest BCUT2D eigenvalue weighted by Crippen LogP contribution is -2.31. The fourth-order valence-electron chi connectivity index (χ4n) is 3.03. The van der Waals surface area contributed by atoms with Crippen LogP contribution in [0.3, 0.4) is 0 Å². The van der Waals surface area contributed by atoms with E-state index in [0.29, 0.717) is 6.42 Å². The molecule has 0 aliphatic heterocycles. The van der Waals surface area contributed by atoms with Crippen LogP contribution in [0.25, 0.3) is 0 Å². The molecule has 0 aliphatic carbocycles. The molecule has 2 atom stereocenters. The van der Waals surface area contributed by atoms with Gasteiger partial charge in [0.25, 0.3) is 0 Å². The number of unbranched alkanes of at least 4 members (excludes halogenated alkanes) is 11. The van der Waals surface area contributed by atoms with Crippen molar-refractivity contribution < 1.29 is 29.3 Å². The topological polar surface area (TPSA) is 93.1 Å². The molecule has 0 aromatic heterocycles. The van der Waals surface area contributed by atoms with Crippen LogP contribution in [0.5, 0.6) is 0 Å². The Kier molecular flexibility index (Phi) is 19.9. The molecule has 0 saturated heterocycles.